The Bertz CT molecular complexity index is 2550. The molecule has 0 spiro atoms. The molecule has 2 heterocycles. The van der Waals surface area contributed by atoms with Crippen molar-refractivity contribution in [1.82, 2.24) is 9.97 Å². The van der Waals surface area contributed by atoms with Crippen molar-refractivity contribution in [2.75, 3.05) is 0 Å². The van der Waals surface area contributed by atoms with Crippen molar-refractivity contribution in [2.24, 2.45) is 0 Å². The lowest BCUT2D eigenvalue weighted by Crippen LogP contribution is -1.94. The summed E-state index contributed by atoms with van der Waals surface area (Å²) in [7, 11) is 0. The number of fused-ring (bicyclic) bond motifs is 5. The van der Waals surface area contributed by atoms with Crippen molar-refractivity contribution in [1.29, 1.82) is 0 Å². The second-order valence-electron chi connectivity index (χ2n) is 11.8. The number of hydrogen-bond acceptors (Lipinski definition) is 3. The molecule has 47 heavy (non-hydrogen) atoms. The van der Waals surface area contributed by atoms with Crippen molar-refractivity contribution in [3.8, 4) is 56.0 Å². The molecule has 220 valence electrons. The van der Waals surface area contributed by atoms with E-state index in [1.807, 2.05) is 18.2 Å². The minimum Gasteiger partial charge on any atom is -0.226 e. The fraction of sp³-hybridized carbons (Fsp3) is 0. The number of hydrogen-bond donors (Lipinski definition) is 0. The predicted octanol–water partition coefficient (Wildman–Crippen LogP) is 12.3. The highest BCUT2D eigenvalue weighted by Crippen LogP contribution is 2.43. The summed E-state index contributed by atoms with van der Waals surface area (Å²) in [4.78, 5) is 10.5. The van der Waals surface area contributed by atoms with Gasteiger partial charge in [0.05, 0.1) is 15.9 Å². The lowest BCUT2D eigenvalue weighted by Gasteiger charge is -2.11. The Hall–Kier alpha value is -5.90. The summed E-state index contributed by atoms with van der Waals surface area (Å²) in [5, 5.41) is 3.64. The fourth-order valence-electron chi connectivity index (χ4n) is 6.53. The van der Waals surface area contributed by atoms with Crippen LogP contribution >= 0.6 is 11.3 Å². The van der Waals surface area contributed by atoms with Gasteiger partial charge in [-0.1, -0.05) is 152 Å². The number of benzene rings is 7. The monoisotopic (exact) mass is 616 g/mol. The van der Waals surface area contributed by atoms with Gasteiger partial charge in [0.15, 0.2) is 5.82 Å². The molecule has 0 radical (unpaired) electrons. The van der Waals surface area contributed by atoms with E-state index in [2.05, 4.69) is 152 Å². The van der Waals surface area contributed by atoms with Crippen LogP contribution in [0.5, 0.6) is 0 Å². The Labute approximate surface area is 277 Å². The van der Waals surface area contributed by atoms with Crippen LogP contribution in [-0.4, -0.2) is 9.97 Å². The molecule has 0 fully saturated rings. The van der Waals surface area contributed by atoms with Gasteiger partial charge in [-0.15, -0.1) is 11.3 Å². The predicted molar refractivity (Wildman–Crippen MR) is 200 cm³/mol. The molecule has 0 amide bonds. The molecule has 0 saturated heterocycles. The molecule has 7 aromatic carbocycles. The quantitative estimate of drug-likeness (QED) is 0.192. The van der Waals surface area contributed by atoms with E-state index in [0.29, 0.717) is 0 Å². The molecule has 0 aliphatic heterocycles. The molecule has 0 atom stereocenters. The summed E-state index contributed by atoms with van der Waals surface area (Å²) in [6, 6.07) is 60.3. The maximum atomic E-state index is 5.25. The molecule has 3 heteroatoms. The average molecular weight is 617 g/mol. The zero-order valence-corrected chi connectivity index (χ0v) is 26.3. The van der Waals surface area contributed by atoms with E-state index in [-0.39, 0.29) is 0 Å². The first-order valence-corrected chi connectivity index (χ1v) is 16.6. The molecule has 0 saturated carbocycles. The first kappa shape index (κ1) is 27.4. The van der Waals surface area contributed by atoms with Crippen molar-refractivity contribution in [3.63, 3.8) is 0 Å². The third-order valence-electron chi connectivity index (χ3n) is 8.89. The van der Waals surface area contributed by atoms with Gasteiger partial charge >= 0.3 is 0 Å². The first-order chi connectivity index (χ1) is 23.3. The summed E-state index contributed by atoms with van der Waals surface area (Å²) in [6.45, 7) is 0. The second kappa shape index (κ2) is 11.5. The van der Waals surface area contributed by atoms with Crippen LogP contribution in [0, 0.1) is 0 Å². The average Bonchev–Trinajstić information content (AvgIpc) is 3.55. The number of aromatic nitrogens is 2. The van der Waals surface area contributed by atoms with Crippen LogP contribution in [-0.2, 0) is 0 Å². The maximum absolute atomic E-state index is 5.25. The standard InChI is InChI=1S/C44H28N2S/c1-3-11-29(12-4-1)30-21-23-31(24-22-30)34-16-9-17-35(27-34)36-18-10-19-37(28-36)41-43-42(46-44(45-41)33-14-5-2-6-15-33)40-38-20-8-7-13-32(38)25-26-39(40)47-43/h1-28H. The summed E-state index contributed by atoms with van der Waals surface area (Å²) in [5.41, 5.74) is 11.2. The Kier molecular flexibility index (Phi) is 6.69. The van der Waals surface area contributed by atoms with Gasteiger partial charge in [-0.2, -0.15) is 0 Å². The van der Waals surface area contributed by atoms with Crippen molar-refractivity contribution in [3.05, 3.63) is 170 Å². The number of rotatable bonds is 5. The first-order valence-electron chi connectivity index (χ1n) is 15.8. The van der Waals surface area contributed by atoms with E-state index in [1.54, 1.807) is 11.3 Å². The minimum absolute atomic E-state index is 0.743. The zero-order chi connectivity index (χ0) is 31.2. The van der Waals surface area contributed by atoms with Crippen molar-refractivity contribution < 1.29 is 0 Å². The smallest absolute Gasteiger partial charge is 0.160 e. The van der Waals surface area contributed by atoms with Crippen LogP contribution < -0.4 is 0 Å². The third kappa shape index (κ3) is 4.98. The van der Waals surface area contributed by atoms with Gasteiger partial charge in [-0.05, 0) is 62.4 Å². The summed E-state index contributed by atoms with van der Waals surface area (Å²) in [6.07, 6.45) is 0. The topological polar surface area (TPSA) is 25.8 Å². The number of nitrogens with zero attached hydrogens (tertiary/aromatic N) is 2. The Morgan fingerprint density at radius 2 is 0.915 bits per heavy atom. The van der Waals surface area contributed by atoms with E-state index >= 15 is 0 Å². The summed E-state index contributed by atoms with van der Waals surface area (Å²) < 4.78 is 2.34. The summed E-state index contributed by atoms with van der Waals surface area (Å²) in [5.74, 6) is 0.743. The van der Waals surface area contributed by atoms with Gasteiger partial charge < -0.3 is 0 Å². The Morgan fingerprint density at radius 1 is 0.383 bits per heavy atom. The van der Waals surface area contributed by atoms with Crippen LogP contribution in [0.3, 0.4) is 0 Å². The van der Waals surface area contributed by atoms with Crippen LogP contribution in [0.15, 0.2) is 170 Å². The van der Waals surface area contributed by atoms with Gasteiger partial charge in [0.25, 0.3) is 0 Å². The molecule has 0 unspecified atom stereocenters. The molecule has 0 aliphatic rings. The van der Waals surface area contributed by atoms with Gasteiger partial charge in [-0.25, -0.2) is 9.97 Å². The Balaban J connectivity index is 1.17. The van der Waals surface area contributed by atoms with Crippen molar-refractivity contribution >= 4 is 42.4 Å². The summed E-state index contributed by atoms with van der Waals surface area (Å²) >= 11 is 1.78. The normalized spacial score (nSPS) is 11.4. The van der Waals surface area contributed by atoms with E-state index in [0.717, 1.165) is 38.4 Å². The van der Waals surface area contributed by atoms with Crippen LogP contribution in [0.1, 0.15) is 0 Å². The van der Waals surface area contributed by atoms with Gasteiger partial charge in [0.1, 0.15) is 0 Å². The third-order valence-corrected chi connectivity index (χ3v) is 10.0. The Morgan fingerprint density at radius 3 is 1.64 bits per heavy atom. The lowest BCUT2D eigenvalue weighted by molar-refractivity contribution is 1.24. The zero-order valence-electron chi connectivity index (χ0n) is 25.5. The molecule has 9 rings (SSSR count). The van der Waals surface area contributed by atoms with E-state index in [1.165, 1.54) is 48.7 Å². The maximum Gasteiger partial charge on any atom is 0.160 e. The van der Waals surface area contributed by atoms with Gasteiger partial charge in [0, 0.05) is 21.2 Å². The van der Waals surface area contributed by atoms with Crippen LogP contribution in [0.4, 0.5) is 0 Å². The lowest BCUT2D eigenvalue weighted by atomic mass is 9.96. The van der Waals surface area contributed by atoms with Crippen LogP contribution in [0.25, 0.3) is 87.1 Å². The molecular formula is C44H28N2S. The second-order valence-corrected chi connectivity index (χ2v) is 12.9. The molecule has 9 aromatic rings. The largest absolute Gasteiger partial charge is 0.226 e. The van der Waals surface area contributed by atoms with Crippen LogP contribution in [0.2, 0.25) is 0 Å². The highest BCUT2D eigenvalue weighted by atomic mass is 32.1. The molecule has 2 aromatic heterocycles. The van der Waals surface area contributed by atoms with E-state index < -0.39 is 0 Å². The molecule has 0 N–H and O–H groups in total. The van der Waals surface area contributed by atoms with Gasteiger partial charge in [-0.3, -0.25) is 0 Å². The fourth-order valence-corrected chi connectivity index (χ4v) is 7.70. The SMILES string of the molecule is c1ccc(-c2ccc(-c3cccc(-c4cccc(-c5nc(-c6ccccc6)nc6c5sc5ccc7ccccc7c56)c4)c3)cc2)cc1. The van der Waals surface area contributed by atoms with E-state index in [9.17, 15) is 0 Å². The highest BCUT2D eigenvalue weighted by molar-refractivity contribution is 7.26. The molecule has 0 aliphatic carbocycles. The molecule has 2 nitrogen and oxygen atoms in total. The van der Waals surface area contributed by atoms with E-state index in [4.69, 9.17) is 9.97 Å². The highest BCUT2D eigenvalue weighted by Gasteiger charge is 2.18. The minimum atomic E-state index is 0.743. The molecule has 0 bridgehead atoms. The van der Waals surface area contributed by atoms with Crippen molar-refractivity contribution in [2.45, 2.75) is 0 Å². The van der Waals surface area contributed by atoms with Gasteiger partial charge in [0.2, 0.25) is 0 Å². The number of thiophene rings is 1. The molecular weight excluding hydrogens is 589 g/mol.